The second-order valence-electron chi connectivity index (χ2n) is 5.49. The third-order valence-corrected chi connectivity index (χ3v) is 3.79. The van der Waals surface area contributed by atoms with Crippen molar-refractivity contribution in [3.63, 3.8) is 0 Å². The van der Waals surface area contributed by atoms with E-state index < -0.39 is 0 Å². The third-order valence-electron chi connectivity index (χ3n) is 3.79. The van der Waals surface area contributed by atoms with Crippen LogP contribution in [0.25, 0.3) is 0 Å². The molecule has 0 spiro atoms. The molecular weight excluding hydrogens is 222 g/mol. The molecule has 3 heteroatoms. The normalized spacial score (nSPS) is 15.0. The third kappa shape index (κ3) is 4.45. The molecule has 1 rings (SSSR count). The van der Waals surface area contributed by atoms with Crippen molar-refractivity contribution in [2.75, 3.05) is 7.05 Å². The van der Waals surface area contributed by atoms with Crippen molar-refractivity contribution in [2.45, 2.75) is 65.5 Å². The molecule has 0 aliphatic rings. The molecular formula is C15H29N3. The Balaban J connectivity index is 2.53. The highest BCUT2D eigenvalue weighted by molar-refractivity contribution is 5.01. The van der Waals surface area contributed by atoms with Gasteiger partial charge in [0.25, 0.3) is 0 Å². The van der Waals surface area contributed by atoms with Crippen LogP contribution in [-0.4, -0.2) is 22.9 Å². The maximum absolute atomic E-state index is 4.72. The van der Waals surface area contributed by atoms with Gasteiger partial charge in [0.1, 0.15) is 0 Å². The van der Waals surface area contributed by atoms with Gasteiger partial charge in [0, 0.05) is 12.2 Å². The molecule has 1 heterocycles. The summed E-state index contributed by atoms with van der Waals surface area (Å²) in [5.41, 5.74) is 1.23. The molecule has 0 fully saturated rings. The Morgan fingerprint density at radius 2 is 1.94 bits per heavy atom. The summed E-state index contributed by atoms with van der Waals surface area (Å²) in [5, 5.41) is 8.02. The molecule has 1 aromatic heterocycles. The molecule has 2 atom stereocenters. The van der Waals surface area contributed by atoms with E-state index >= 15 is 0 Å². The second-order valence-corrected chi connectivity index (χ2v) is 5.49. The Bertz CT molecular complexity index is 328. The summed E-state index contributed by atoms with van der Waals surface area (Å²) < 4.78 is 2.14. The average Bonchev–Trinajstić information content (AvgIpc) is 2.78. The van der Waals surface area contributed by atoms with Crippen LogP contribution < -0.4 is 5.32 Å². The van der Waals surface area contributed by atoms with Crippen LogP contribution in [0, 0.1) is 5.92 Å². The van der Waals surface area contributed by atoms with Gasteiger partial charge >= 0.3 is 0 Å². The molecule has 0 saturated heterocycles. The van der Waals surface area contributed by atoms with Gasteiger partial charge < -0.3 is 5.32 Å². The Labute approximate surface area is 112 Å². The highest BCUT2D eigenvalue weighted by Crippen LogP contribution is 2.17. The summed E-state index contributed by atoms with van der Waals surface area (Å²) in [5.74, 6) is 0.678. The maximum atomic E-state index is 4.72. The fourth-order valence-electron chi connectivity index (χ4n) is 2.51. The zero-order valence-corrected chi connectivity index (χ0v) is 12.6. The van der Waals surface area contributed by atoms with Gasteiger partial charge in [-0.15, -0.1) is 0 Å². The van der Waals surface area contributed by atoms with Crippen molar-refractivity contribution < 1.29 is 0 Å². The van der Waals surface area contributed by atoms with Crippen LogP contribution in [-0.2, 0) is 6.42 Å². The minimum absolute atomic E-state index is 0.560. The standard InChI is InChI=1S/C15H29N3/c1-6-15(7-2)18-9-8-14(17-18)11-12(3)10-13(4)16-5/h8-9,12-13,15-16H,6-7,10-11H2,1-5H3. The highest BCUT2D eigenvalue weighted by Gasteiger charge is 2.12. The molecule has 3 nitrogen and oxygen atoms in total. The minimum atomic E-state index is 0.560. The van der Waals surface area contributed by atoms with Crippen molar-refractivity contribution in [3.05, 3.63) is 18.0 Å². The van der Waals surface area contributed by atoms with E-state index in [0.29, 0.717) is 18.0 Å². The van der Waals surface area contributed by atoms with E-state index in [4.69, 9.17) is 5.10 Å². The van der Waals surface area contributed by atoms with E-state index in [1.165, 1.54) is 12.1 Å². The predicted molar refractivity (Wildman–Crippen MR) is 77.9 cm³/mol. The van der Waals surface area contributed by atoms with Crippen LogP contribution in [0.1, 0.15) is 58.7 Å². The number of rotatable bonds is 8. The molecule has 18 heavy (non-hydrogen) atoms. The summed E-state index contributed by atoms with van der Waals surface area (Å²) in [7, 11) is 2.03. The van der Waals surface area contributed by atoms with Gasteiger partial charge in [-0.2, -0.15) is 5.10 Å². The topological polar surface area (TPSA) is 29.9 Å². The molecule has 0 saturated carbocycles. The fraction of sp³-hybridized carbons (Fsp3) is 0.800. The highest BCUT2D eigenvalue weighted by atomic mass is 15.3. The van der Waals surface area contributed by atoms with Gasteiger partial charge in [0.15, 0.2) is 0 Å². The van der Waals surface area contributed by atoms with Crippen molar-refractivity contribution >= 4 is 0 Å². The van der Waals surface area contributed by atoms with Gasteiger partial charge in [0.05, 0.1) is 11.7 Å². The SMILES string of the molecule is CCC(CC)n1ccc(CC(C)CC(C)NC)n1. The van der Waals surface area contributed by atoms with Crippen LogP contribution >= 0.6 is 0 Å². The van der Waals surface area contributed by atoms with Crippen molar-refractivity contribution in [3.8, 4) is 0 Å². The van der Waals surface area contributed by atoms with E-state index in [2.05, 4.69) is 50.0 Å². The molecule has 2 unspecified atom stereocenters. The van der Waals surface area contributed by atoms with Crippen LogP contribution in [0.2, 0.25) is 0 Å². The van der Waals surface area contributed by atoms with E-state index in [0.717, 1.165) is 19.3 Å². The molecule has 0 radical (unpaired) electrons. The zero-order chi connectivity index (χ0) is 13.5. The lowest BCUT2D eigenvalue weighted by atomic mass is 9.98. The first-order valence-electron chi connectivity index (χ1n) is 7.31. The fourth-order valence-corrected chi connectivity index (χ4v) is 2.51. The summed E-state index contributed by atoms with van der Waals surface area (Å²) in [6.07, 6.45) is 6.74. The van der Waals surface area contributed by atoms with Gasteiger partial charge in [0.2, 0.25) is 0 Å². The summed E-state index contributed by atoms with van der Waals surface area (Å²) in [6, 6.07) is 3.32. The molecule has 1 aromatic rings. The first-order valence-corrected chi connectivity index (χ1v) is 7.31. The van der Waals surface area contributed by atoms with Crippen LogP contribution in [0.3, 0.4) is 0 Å². The van der Waals surface area contributed by atoms with Gasteiger partial charge in [-0.1, -0.05) is 20.8 Å². The van der Waals surface area contributed by atoms with Crippen molar-refractivity contribution in [1.82, 2.24) is 15.1 Å². The lowest BCUT2D eigenvalue weighted by Gasteiger charge is -2.16. The number of hydrogen-bond donors (Lipinski definition) is 1. The summed E-state index contributed by atoms with van der Waals surface area (Å²) in [6.45, 7) is 9.00. The van der Waals surface area contributed by atoms with E-state index in [9.17, 15) is 0 Å². The van der Waals surface area contributed by atoms with Crippen LogP contribution in [0.15, 0.2) is 12.3 Å². The van der Waals surface area contributed by atoms with E-state index in [1.54, 1.807) is 0 Å². The molecule has 0 amide bonds. The minimum Gasteiger partial charge on any atom is -0.317 e. The van der Waals surface area contributed by atoms with Gasteiger partial charge in [-0.3, -0.25) is 4.68 Å². The Morgan fingerprint density at radius 1 is 1.28 bits per heavy atom. The summed E-state index contributed by atoms with van der Waals surface area (Å²) >= 11 is 0. The van der Waals surface area contributed by atoms with Crippen molar-refractivity contribution in [1.29, 1.82) is 0 Å². The molecule has 0 aliphatic heterocycles. The van der Waals surface area contributed by atoms with Crippen LogP contribution in [0.4, 0.5) is 0 Å². The van der Waals surface area contributed by atoms with Gasteiger partial charge in [-0.25, -0.2) is 0 Å². The first-order chi connectivity index (χ1) is 8.60. The monoisotopic (exact) mass is 251 g/mol. The largest absolute Gasteiger partial charge is 0.317 e. The maximum Gasteiger partial charge on any atom is 0.0627 e. The van der Waals surface area contributed by atoms with Gasteiger partial charge in [-0.05, 0) is 51.6 Å². The van der Waals surface area contributed by atoms with E-state index in [-0.39, 0.29) is 0 Å². The molecule has 0 bridgehead atoms. The first kappa shape index (κ1) is 15.2. The molecule has 0 aromatic carbocycles. The second kappa shape index (κ2) is 7.57. The average molecular weight is 251 g/mol. The molecule has 104 valence electrons. The Kier molecular flexibility index (Phi) is 6.41. The number of nitrogens with one attached hydrogen (secondary N) is 1. The van der Waals surface area contributed by atoms with Crippen LogP contribution in [0.5, 0.6) is 0 Å². The smallest absolute Gasteiger partial charge is 0.0627 e. The zero-order valence-electron chi connectivity index (χ0n) is 12.6. The quantitative estimate of drug-likeness (QED) is 0.767. The lowest BCUT2D eigenvalue weighted by molar-refractivity contribution is 0.412. The van der Waals surface area contributed by atoms with E-state index in [1.807, 2.05) is 7.05 Å². The molecule has 0 aliphatic carbocycles. The Hall–Kier alpha value is -0.830. The molecule has 1 N–H and O–H groups in total. The lowest BCUT2D eigenvalue weighted by Crippen LogP contribution is -2.24. The number of aromatic nitrogens is 2. The number of nitrogens with zero attached hydrogens (tertiary/aromatic N) is 2. The number of hydrogen-bond acceptors (Lipinski definition) is 2. The Morgan fingerprint density at radius 3 is 2.50 bits per heavy atom. The summed E-state index contributed by atoms with van der Waals surface area (Å²) in [4.78, 5) is 0. The van der Waals surface area contributed by atoms with Crippen molar-refractivity contribution in [2.24, 2.45) is 5.92 Å². The predicted octanol–water partition coefficient (Wildman–Crippen LogP) is 3.42.